The number of urea groups is 1. The van der Waals surface area contributed by atoms with E-state index in [-0.39, 0.29) is 5.57 Å². The molecule has 6 heteroatoms. The van der Waals surface area contributed by atoms with E-state index in [1.54, 1.807) is 36.4 Å². The van der Waals surface area contributed by atoms with Gasteiger partial charge in [0.05, 0.1) is 12.3 Å². The van der Waals surface area contributed by atoms with Gasteiger partial charge in [-0.25, -0.2) is 9.69 Å². The van der Waals surface area contributed by atoms with Crippen molar-refractivity contribution < 1.29 is 19.1 Å². The van der Waals surface area contributed by atoms with Crippen LogP contribution in [0.25, 0.3) is 6.08 Å². The first-order chi connectivity index (χ1) is 12.9. The monoisotopic (exact) mass is 364 g/mol. The van der Waals surface area contributed by atoms with Crippen molar-refractivity contribution in [2.24, 2.45) is 0 Å². The molecule has 2 aromatic rings. The molecule has 4 amide bonds. The van der Waals surface area contributed by atoms with Crippen LogP contribution in [0.15, 0.2) is 48.0 Å². The number of ether oxygens (including phenoxy) is 1. The number of anilines is 1. The Bertz CT molecular complexity index is 945. The largest absolute Gasteiger partial charge is 0.494 e. The number of nitrogens with zero attached hydrogens (tertiary/aromatic N) is 1. The maximum atomic E-state index is 12.9. The summed E-state index contributed by atoms with van der Waals surface area (Å²) in [7, 11) is 0. The Balaban J connectivity index is 1.95. The lowest BCUT2D eigenvalue weighted by atomic mass is 10.1. The van der Waals surface area contributed by atoms with Crippen LogP contribution < -0.4 is 15.0 Å². The van der Waals surface area contributed by atoms with Gasteiger partial charge >= 0.3 is 6.03 Å². The van der Waals surface area contributed by atoms with Crippen LogP contribution in [0.4, 0.5) is 10.5 Å². The molecule has 1 fully saturated rings. The summed E-state index contributed by atoms with van der Waals surface area (Å²) >= 11 is 0. The zero-order chi connectivity index (χ0) is 19.6. The van der Waals surface area contributed by atoms with Crippen LogP contribution >= 0.6 is 0 Å². The summed E-state index contributed by atoms with van der Waals surface area (Å²) in [5.41, 5.74) is 2.97. The van der Waals surface area contributed by atoms with E-state index in [1.165, 1.54) is 6.08 Å². The molecule has 1 aliphatic heterocycles. The van der Waals surface area contributed by atoms with Crippen molar-refractivity contribution in [2.75, 3.05) is 11.5 Å². The summed E-state index contributed by atoms with van der Waals surface area (Å²) in [5, 5.41) is 2.23. The fraction of sp³-hybridized carbons (Fsp3) is 0.190. The number of hydrogen-bond acceptors (Lipinski definition) is 4. The highest BCUT2D eigenvalue weighted by molar-refractivity contribution is 6.39. The highest BCUT2D eigenvalue weighted by Gasteiger charge is 2.36. The number of hydrogen-bond donors (Lipinski definition) is 1. The Morgan fingerprint density at radius 2 is 1.70 bits per heavy atom. The summed E-state index contributed by atoms with van der Waals surface area (Å²) in [4.78, 5) is 38.3. The summed E-state index contributed by atoms with van der Waals surface area (Å²) in [6.07, 6.45) is 1.47. The van der Waals surface area contributed by atoms with Gasteiger partial charge < -0.3 is 4.74 Å². The van der Waals surface area contributed by atoms with E-state index in [1.807, 2.05) is 26.8 Å². The van der Waals surface area contributed by atoms with E-state index in [4.69, 9.17) is 4.74 Å². The van der Waals surface area contributed by atoms with Crippen LogP contribution in [0.2, 0.25) is 0 Å². The van der Waals surface area contributed by atoms with Crippen molar-refractivity contribution in [3.63, 3.8) is 0 Å². The van der Waals surface area contributed by atoms with Gasteiger partial charge in [0.25, 0.3) is 11.8 Å². The van der Waals surface area contributed by atoms with Gasteiger partial charge in [-0.1, -0.05) is 18.2 Å². The predicted octanol–water partition coefficient (Wildman–Crippen LogP) is 3.37. The molecule has 1 saturated heterocycles. The minimum absolute atomic E-state index is 0.100. The van der Waals surface area contributed by atoms with Crippen molar-refractivity contribution in [3.05, 3.63) is 64.7 Å². The quantitative estimate of drug-likeness (QED) is 0.667. The number of amides is 4. The van der Waals surface area contributed by atoms with Gasteiger partial charge in [0, 0.05) is 0 Å². The number of benzene rings is 2. The molecule has 0 atom stereocenters. The Morgan fingerprint density at radius 1 is 1.00 bits per heavy atom. The molecule has 2 aromatic carbocycles. The van der Waals surface area contributed by atoms with Gasteiger partial charge in [-0.3, -0.25) is 14.9 Å². The third-order valence-electron chi connectivity index (χ3n) is 4.35. The molecule has 1 N–H and O–H groups in total. The molecular formula is C21H20N2O4. The Morgan fingerprint density at radius 3 is 2.33 bits per heavy atom. The van der Waals surface area contributed by atoms with Crippen molar-refractivity contribution in [1.82, 2.24) is 5.32 Å². The zero-order valence-corrected chi connectivity index (χ0v) is 15.4. The lowest BCUT2D eigenvalue weighted by Crippen LogP contribution is -2.54. The van der Waals surface area contributed by atoms with Crippen molar-refractivity contribution in [3.8, 4) is 5.75 Å². The van der Waals surface area contributed by atoms with Gasteiger partial charge in [0.1, 0.15) is 11.3 Å². The highest BCUT2D eigenvalue weighted by atomic mass is 16.5. The van der Waals surface area contributed by atoms with Crippen molar-refractivity contribution in [2.45, 2.75) is 20.8 Å². The number of rotatable bonds is 4. The minimum Gasteiger partial charge on any atom is -0.494 e. The van der Waals surface area contributed by atoms with Crippen LogP contribution in [0, 0.1) is 13.8 Å². The minimum atomic E-state index is -0.753. The third kappa shape index (κ3) is 3.74. The number of barbiturate groups is 1. The summed E-state index contributed by atoms with van der Waals surface area (Å²) < 4.78 is 5.38. The molecule has 138 valence electrons. The Kier molecular flexibility index (Phi) is 5.07. The van der Waals surface area contributed by atoms with Crippen LogP contribution in [-0.2, 0) is 9.59 Å². The summed E-state index contributed by atoms with van der Waals surface area (Å²) in [6, 6.07) is 11.5. The normalized spacial score (nSPS) is 15.9. The van der Waals surface area contributed by atoms with Crippen LogP contribution in [0.3, 0.4) is 0 Å². The summed E-state index contributed by atoms with van der Waals surface area (Å²) in [5.74, 6) is -0.661. The molecule has 0 bridgehead atoms. The highest BCUT2D eigenvalue weighted by Crippen LogP contribution is 2.24. The number of nitrogens with one attached hydrogen (secondary N) is 1. The van der Waals surface area contributed by atoms with Crippen molar-refractivity contribution >= 4 is 29.6 Å². The number of carbonyl (C=O) groups excluding carboxylic acids is 3. The fourth-order valence-corrected chi connectivity index (χ4v) is 2.75. The van der Waals surface area contributed by atoms with Gasteiger partial charge in [-0.05, 0) is 67.8 Å². The van der Waals surface area contributed by atoms with E-state index in [2.05, 4.69) is 5.32 Å². The molecule has 0 unspecified atom stereocenters. The number of aryl methyl sites for hydroxylation is 2. The second-order valence-corrected chi connectivity index (χ2v) is 6.23. The van der Waals surface area contributed by atoms with E-state index in [9.17, 15) is 14.4 Å². The predicted molar refractivity (Wildman–Crippen MR) is 103 cm³/mol. The van der Waals surface area contributed by atoms with Gasteiger partial charge in [-0.2, -0.15) is 0 Å². The first kappa shape index (κ1) is 18.4. The molecular weight excluding hydrogens is 344 g/mol. The van der Waals surface area contributed by atoms with Crippen LogP contribution in [-0.4, -0.2) is 24.5 Å². The SMILES string of the molecule is CCOc1ccc(/C=C2\C(=O)NC(=O)N(c3ccc(C)c(C)c3)C2=O)cc1. The molecule has 1 heterocycles. The molecule has 6 nitrogen and oxygen atoms in total. The fourth-order valence-electron chi connectivity index (χ4n) is 2.75. The first-order valence-electron chi connectivity index (χ1n) is 8.62. The Labute approximate surface area is 157 Å². The van der Waals surface area contributed by atoms with Gasteiger partial charge in [-0.15, -0.1) is 0 Å². The Hall–Kier alpha value is -3.41. The van der Waals surface area contributed by atoms with Crippen molar-refractivity contribution in [1.29, 1.82) is 0 Å². The van der Waals surface area contributed by atoms with Gasteiger partial charge in [0.2, 0.25) is 0 Å². The van der Waals surface area contributed by atoms with E-state index in [0.717, 1.165) is 16.0 Å². The summed E-state index contributed by atoms with van der Waals surface area (Å²) in [6.45, 7) is 6.28. The number of imide groups is 2. The van der Waals surface area contributed by atoms with Crippen LogP contribution in [0.5, 0.6) is 5.75 Å². The maximum absolute atomic E-state index is 12.9. The molecule has 1 aliphatic rings. The molecule has 27 heavy (non-hydrogen) atoms. The molecule has 0 saturated carbocycles. The zero-order valence-electron chi connectivity index (χ0n) is 15.4. The molecule has 0 aliphatic carbocycles. The molecule has 0 radical (unpaired) electrons. The average Bonchev–Trinajstić information content (AvgIpc) is 2.63. The third-order valence-corrected chi connectivity index (χ3v) is 4.35. The second kappa shape index (κ2) is 7.45. The van der Waals surface area contributed by atoms with E-state index < -0.39 is 17.8 Å². The number of carbonyl (C=O) groups is 3. The lowest BCUT2D eigenvalue weighted by Gasteiger charge is -2.26. The lowest BCUT2D eigenvalue weighted by molar-refractivity contribution is -0.122. The second-order valence-electron chi connectivity index (χ2n) is 6.23. The molecule has 0 spiro atoms. The molecule has 3 rings (SSSR count). The topological polar surface area (TPSA) is 75.7 Å². The van der Waals surface area contributed by atoms with Crippen LogP contribution in [0.1, 0.15) is 23.6 Å². The maximum Gasteiger partial charge on any atom is 0.335 e. The first-order valence-corrected chi connectivity index (χ1v) is 8.62. The smallest absolute Gasteiger partial charge is 0.335 e. The molecule has 0 aromatic heterocycles. The van der Waals surface area contributed by atoms with E-state index in [0.29, 0.717) is 23.6 Å². The van der Waals surface area contributed by atoms with Gasteiger partial charge in [0.15, 0.2) is 0 Å². The average molecular weight is 364 g/mol. The van der Waals surface area contributed by atoms with E-state index >= 15 is 0 Å². The standard InChI is InChI=1S/C21H20N2O4/c1-4-27-17-9-6-15(7-10-17)12-18-19(24)22-21(26)23(20(18)25)16-8-5-13(2)14(3)11-16/h5-12H,4H2,1-3H3,(H,22,24,26)/b18-12+.